The topological polar surface area (TPSA) is 63.7 Å². The number of Topliss-reactive ketones (excluding diaryl/α,β-unsaturated/α-hetero) is 1. The molecule has 1 saturated heterocycles. The van der Waals surface area contributed by atoms with Crippen LogP contribution in [0.5, 0.6) is 0 Å². The third-order valence-electron chi connectivity index (χ3n) is 5.26. The second-order valence-corrected chi connectivity index (χ2v) is 7.36. The Balaban J connectivity index is 1.33. The minimum Gasteiger partial charge on any atom is -0.457 e. The molecule has 1 aliphatic rings. The highest BCUT2D eigenvalue weighted by Crippen LogP contribution is 2.26. The van der Waals surface area contributed by atoms with Crippen LogP contribution >= 0.6 is 0 Å². The summed E-state index contributed by atoms with van der Waals surface area (Å²) in [6.45, 7) is -0.242. The predicted molar refractivity (Wildman–Crippen MR) is 114 cm³/mol. The van der Waals surface area contributed by atoms with E-state index in [0.717, 1.165) is 11.1 Å². The molecule has 5 nitrogen and oxygen atoms in total. The standard InChI is InChI=1S/C25H20FNO4/c26-21-10-12-22(13-11-21)27-15-20(14-24(27)29)25(30)31-16-23(28)19-8-6-18(7-9-19)17-4-2-1-3-5-17/h1-13,20H,14-16H2/t20-/m1/s1. The number of rotatable bonds is 6. The number of benzene rings is 3. The van der Waals surface area contributed by atoms with Crippen molar-refractivity contribution in [3.63, 3.8) is 0 Å². The Bertz CT molecular complexity index is 1090. The van der Waals surface area contributed by atoms with E-state index in [-0.39, 0.29) is 31.3 Å². The third kappa shape index (κ3) is 4.69. The molecule has 0 radical (unpaired) electrons. The minimum absolute atomic E-state index is 0.00380. The van der Waals surface area contributed by atoms with Crippen molar-refractivity contribution in [2.45, 2.75) is 6.42 Å². The fraction of sp³-hybridized carbons (Fsp3) is 0.160. The Morgan fingerprint density at radius 2 is 1.55 bits per heavy atom. The second kappa shape index (κ2) is 8.92. The van der Waals surface area contributed by atoms with Gasteiger partial charge in [0, 0.05) is 24.2 Å². The normalized spacial score (nSPS) is 15.7. The van der Waals surface area contributed by atoms with Crippen LogP contribution in [-0.4, -0.2) is 30.8 Å². The van der Waals surface area contributed by atoms with E-state index in [2.05, 4.69) is 0 Å². The van der Waals surface area contributed by atoms with Crippen LogP contribution in [0.25, 0.3) is 11.1 Å². The van der Waals surface area contributed by atoms with Crippen molar-refractivity contribution >= 4 is 23.3 Å². The van der Waals surface area contributed by atoms with Crippen LogP contribution in [0.1, 0.15) is 16.8 Å². The highest BCUT2D eigenvalue weighted by atomic mass is 19.1. The highest BCUT2D eigenvalue weighted by Gasteiger charge is 2.36. The van der Waals surface area contributed by atoms with Gasteiger partial charge < -0.3 is 9.64 Å². The van der Waals surface area contributed by atoms with Gasteiger partial charge in [0.15, 0.2) is 12.4 Å². The van der Waals surface area contributed by atoms with Gasteiger partial charge in [-0.05, 0) is 35.4 Å². The summed E-state index contributed by atoms with van der Waals surface area (Å²) in [6.07, 6.45) is -0.00380. The van der Waals surface area contributed by atoms with E-state index >= 15 is 0 Å². The molecule has 1 aliphatic heterocycles. The molecular weight excluding hydrogens is 397 g/mol. The van der Waals surface area contributed by atoms with Crippen LogP contribution in [0.4, 0.5) is 10.1 Å². The highest BCUT2D eigenvalue weighted by molar-refractivity contribution is 6.01. The summed E-state index contributed by atoms with van der Waals surface area (Å²) in [5, 5.41) is 0. The van der Waals surface area contributed by atoms with Gasteiger partial charge in [-0.15, -0.1) is 0 Å². The van der Waals surface area contributed by atoms with E-state index in [0.29, 0.717) is 11.3 Å². The number of anilines is 1. The predicted octanol–water partition coefficient (Wildman–Crippen LogP) is 4.27. The zero-order valence-electron chi connectivity index (χ0n) is 16.7. The lowest BCUT2D eigenvalue weighted by Crippen LogP contribution is -2.27. The number of hydrogen-bond acceptors (Lipinski definition) is 4. The van der Waals surface area contributed by atoms with Crippen LogP contribution in [0.3, 0.4) is 0 Å². The van der Waals surface area contributed by atoms with Gasteiger partial charge in [-0.1, -0.05) is 54.6 Å². The summed E-state index contributed by atoms with van der Waals surface area (Å²) in [7, 11) is 0. The largest absolute Gasteiger partial charge is 0.457 e. The number of ketones is 1. The minimum atomic E-state index is -0.661. The molecule has 0 spiro atoms. The molecule has 0 bridgehead atoms. The number of carbonyl (C=O) groups excluding carboxylic acids is 3. The fourth-order valence-corrected chi connectivity index (χ4v) is 3.55. The molecule has 0 aliphatic carbocycles. The summed E-state index contributed by atoms with van der Waals surface area (Å²) in [4.78, 5) is 38.5. The van der Waals surface area contributed by atoms with Gasteiger partial charge in [0.2, 0.25) is 5.91 Å². The van der Waals surface area contributed by atoms with E-state index in [1.165, 1.54) is 29.2 Å². The maximum Gasteiger partial charge on any atom is 0.311 e. The first-order valence-electron chi connectivity index (χ1n) is 9.92. The van der Waals surface area contributed by atoms with Gasteiger partial charge in [-0.25, -0.2) is 4.39 Å². The first-order valence-corrected chi connectivity index (χ1v) is 9.92. The summed E-state index contributed by atoms with van der Waals surface area (Å²) in [5.74, 6) is -2.20. The zero-order valence-corrected chi connectivity index (χ0v) is 16.7. The molecule has 6 heteroatoms. The molecule has 0 aromatic heterocycles. The molecule has 4 rings (SSSR count). The molecule has 31 heavy (non-hydrogen) atoms. The van der Waals surface area contributed by atoms with Crippen LogP contribution in [0.15, 0.2) is 78.9 Å². The van der Waals surface area contributed by atoms with E-state index in [1.807, 2.05) is 42.5 Å². The van der Waals surface area contributed by atoms with Crippen LogP contribution < -0.4 is 4.90 Å². The van der Waals surface area contributed by atoms with Gasteiger partial charge in [0.05, 0.1) is 5.92 Å². The second-order valence-electron chi connectivity index (χ2n) is 7.36. The smallest absolute Gasteiger partial charge is 0.311 e. The number of nitrogens with zero attached hydrogens (tertiary/aromatic N) is 1. The molecule has 1 atom stereocenters. The number of halogens is 1. The first-order chi connectivity index (χ1) is 15.0. The van der Waals surface area contributed by atoms with Crippen molar-refractivity contribution in [2.75, 3.05) is 18.1 Å². The number of carbonyl (C=O) groups is 3. The lowest BCUT2D eigenvalue weighted by molar-refractivity contribution is -0.147. The molecule has 0 unspecified atom stereocenters. The van der Waals surface area contributed by atoms with E-state index in [4.69, 9.17) is 4.74 Å². The van der Waals surface area contributed by atoms with Crippen molar-refractivity contribution in [3.05, 3.63) is 90.2 Å². The fourth-order valence-electron chi connectivity index (χ4n) is 3.55. The molecular formula is C25H20FNO4. The molecule has 3 aromatic rings. The SMILES string of the molecule is O=C(COC(=O)[C@@H]1CC(=O)N(c2ccc(F)cc2)C1)c1ccc(-c2ccccc2)cc1. The van der Waals surface area contributed by atoms with Gasteiger partial charge >= 0.3 is 5.97 Å². The molecule has 156 valence electrons. The lowest BCUT2D eigenvalue weighted by atomic mass is 10.0. The van der Waals surface area contributed by atoms with E-state index in [9.17, 15) is 18.8 Å². The monoisotopic (exact) mass is 417 g/mol. The molecule has 0 saturated carbocycles. The zero-order chi connectivity index (χ0) is 21.8. The van der Waals surface area contributed by atoms with Crippen LogP contribution in [-0.2, 0) is 14.3 Å². The maximum absolute atomic E-state index is 13.1. The first kappa shape index (κ1) is 20.5. The lowest BCUT2D eigenvalue weighted by Gasteiger charge is -2.16. The number of hydrogen-bond donors (Lipinski definition) is 0. The Hall–Kier alpha value is -3.80. The quantitative estimate of drug-likeness (QED) is 0.444. The van der Waals surface area contributed by atoms with Crippen molar-refractivity contribution < 1.29 is 23.5 Å². The molecule has 0 N–H and O–H groups in total. The number of ether oxygens (including phenoxy) is 1. The van der Waals surface area contributed by atoms with Gasteiger partial charge in [0.1, 0.15) is 5.82 Å². The van der Waals surface area contributed by atoms with Gasteiger partial charge in [-0.3, -0.25) is 14.4 Å². The van der Waals surface area contributed by atoms with Gasteiger partial charge in [0.25, 0.3) is 0 Å². The average Bonchev–Trinajstić information content (AvgIpc) is 3.20. The average molecular weight is 417 g/mol. The molecule has 3 aromatic carbocycles. The summed E-state index contributed by atoms with van der Waals surface area (Å²) in [5.41, 5.74) is 3.00. The third-order valence-corrected chi connectivity index (χ3v) is 5.26. The summed E-state index contributed by atoms with van der Waals surface area (Å²) in [6, 6.07) is 22.4. The Labute approximate surface area is 179 Å². The van der Waals surface area contributed by atoms with Crippen molar-refractivity contribution in [3.8, 4) is 11.1 Å². The Morgan fingerprint density at radius 1 is 0.903 bits per heavy atom. The van der Waals surface area contributed by atoms with Crippen molar-refractivity contribution in [1.29, 1.82) is 0 Å². The molecule has 1 amide bonds. The van der Waals surface area contributed by atoms with E-state index in [1.54, 1.807) is 12.1 Å². The van der Waals surface area contributed by atoms with Crippen molar-refractivity contribution in [2.24, 2.45) is 5.92 Å². The number of amides is 1. The van der Waals surface area contributed by atoms with Crippen LogP contribution in [0, 0.1) is 11.7 Å². The molecule has 1 fully saturated rings. The van der Waals surface area contributed by atoms with E-state index < -0.39 is 17.7 Å². The van der Waals surface area contributed by atoms with Gasteiger partial charge in [-0.2, -0.15) is 0 Å². The summed E-state index contributed by atoms with van der Waals surface area (Å²) < 4.78 is 18.3. The Kier molecular flexibility index (Phi) is 5.89. The Morgan fingerprint density at radius 3 is 2.23 bits per heavy atom. The summed E-state index contributed by atoms with van der Waals surface area (Å²) >= 11 is 0. The maximum atomic E-state index is 13.1. The van der Waals surface area contributed by atoms with Crippen LogP contribution in [0.2, 0.25) is 0 Å². The molecule has 1 heterocycles. The number of esters is 1. The van der Waals surface area contributed by atoms with Crippen molar-refractivity contribution in [1.82, 2.24) is 0 Å².